The van der Waals surface area contributed by atoms with Crippen molar-refractivity contribution in [2.45, 2.75) is 12.2 Å². The summed E-state index contributed by atoms with van der Waals surface area (Å²) < 4.78 is 39.1. The summed E-state index contributed by atoms with van der Waals surface area (Å²) in [7, 11) is 0. The predicted molar refractivity (Wildman–Crippen MR) is 77.0 cm³/mol. The van der Waals surface area contributed by atoms with Crippen molar-refractivity contribution in [3.05, 3.63) is 50.1 Å². The topological polar surface area (TPSA) is 64.1 Å². The monoisotopic (exact) mass is 365 g/mol. The first-order valence-electron chi connectivity index (χ1n) is 5.50. The van der Waals surface area contributed by atoms with Crippen LogP contribution in [0.25, 0.3) is 0 Å². The number of anilines is 1. The number of nitrogens with two attached hydrogens (primary N) is 2. The molecule has 2 aromatic rings. The van der Waals surface area contributed by atoms with Gasteiger partial charge in [0.05, 0.1) is 11.6 Å². The number of hydrazine groups is 1. The van der Waals surface area contributed by atoms with Crippen LogP contribution in [0.1, 0.15) is 22.0 Å². The molecule has 8 heteroatoms. The van der Waals surface area contributed by atoms with Gasteiger partial charge in [-0.1, -0.05) is 0 Å². The maximum atomic E-state index is 12.8. The molecule has 1 aromatic carbocycles. The Balaban J connectivity index is 2.52. The summed E-state index contributed by atoms with van der Waals surface area (Å²) in [6.45, 7) is 0. The van der Waals surface area contributed by atoms with Gasteiger partial charge < -0.3 is 5.73 Å². The minimum Gasteiger partial charge on any atom is -0.398 e. The van der Waals surface area contributed by atoms with Crippen LogP contribution in [0.3, 0.4) is 0 Å². The van der Waals surface area contributed by atoms with Gasteiger partial charge >= 0.3 is 6.18 Å². The molecule has 0 aliphatic carbocycles. The molecule has 0 bridgehead atoms. The third-order valence-corrected chi connectivity index (χ3v) is 4.73. The van der Waals surface area contributed by atoms with Crippen LogP contribution >= 0.6 is 27.3 Å². The van der Waals surface area contributed by atoms with Crippen LogP contribution in [-0.2, 0) is 6.18 Å². The van der Waals surface area contributed by atoms with Gasteiger partial charge in [-0.2, -0.15) is 13.2 Å². The highest BCUT2D eigenvalue weighted by molar-refractivity contribution is 9.10. The Bertz CT molecular complexity index is 612. The number of rotatable bonds is 3. The molecule has 1 atom stereocenters. The number of alkyl halides is 3. The second-order valence-electron chi connectivity index (χ2n) is 4.07. The number of hydrogen-bond donors (Lipinski definition) is 3. The molecule has 108 valence electrons. The summed E-state index contributed by atoms with van der Waals surface area (Å²) in [6, 6.07) is 4.41. The predicted octanol–water partition coefficient (Wildman–Crippen LogP) is 3.66. The van der Waals surface area contributed by atoms with Gasteiger partial charge in [-0.05, 0) is 51.1 Å². The smallest absolute Gasteiger partial charge is 0.398 e. The Kier molecular flexibility index (Phi) is 4.38. The van der Waals surface area contributed by atoms with Crippen molar-refractivity contribution in [2.75, 3.05) is 5.73 Å². The molecule has 0 fully saturated rings. The lowest BCUT2D eigenvalue weighted by molar-refractivity contribution is -0.137. The lowest BCUT2D eigenvalue weighted by atomic mass is 10.0. The molecule has 1 unspecified atom stereocenters. The molecule has 0 saturated carbocycles. The van der Waals surface area contributed by atoms with E-state index in [0.717, 1.165) is 21.5 Å². The zero-order chi connectivity index (χ0) is 14.9. The van der Waals surface area contributed by atoms with Crippen molar-refractivity contribution in [1.82, 2.24) is 5.43 Å². The molecule has 1 aromatic heterocycles. The Morgan fingerprint density at radius 1 is 1.25 bits per heavy atom. The Morgan fingerprint density at radius 2 is 1.95 bits per heavy atom. The fraction of sp³-hybridized carbons (Fsp3) is 0.167. The SMILES string of the molecule is NNC(c1cc(C(F)(F)F)ccc1N)c1sccc1Br. The maximum Gasteiger partial charge on any atom is 0.416 e. The molecule has 3 nitrogen and oxygen atoms in total. The van der Waals surface area contributed by atoms with E-state index in [9.17, 15) is 13.2 Å². The van der Waals surface area contributed by atoms with E-state index in [-0.39, 0.29) is 5.69 Å². The minimum absolute atomic E-state index is 0.251. The van der Waals surface area contributed by atoms with E-state index in [1.165, 1.54) is 17.4 Å². The summed E-state index contributed by atoms with van der Waals surface area (Å²) in [6.07, 6.45) is -4.42. The molecule has 1 heterocycles. The summed E-state index contributed by atoms with van der Waals surface area (Å²) in [5, 5.41) is 1.81. The van der Waals surface area contributed by atoms with Crippen LogP contribution in [0.4, 0.5) is 18.9 Å². The number of thiophene rings is 1. The minimum atomic E-state index is -4.42. The average molecular weight is 366 g/mol. The standard InChI is InChI=1S/C12H11BrF3N3S/c13-8-3-4-20-11(8)10(19-18)7-5-6(12(14,15)16)1-2-9(7)17/h1-5,10,19H,17-18H2. The highest BCUT2D eigenvalue weighted by Crippen LogP contribution is 2.38. The van der Waals surface area contributed by atoms with Crippen molar-refractivity contribution in [3.8, 4) is 0 Å². The van der Waals surface area contributed by atoms with Gasteiger partial charge in [-0.3, -0.25) is 5.84 Å². The van der Waals surface area contributed by atoms with Crippen LogP contribution in [-0.4, -0.2) is 0 Å². The largest absolute Gasteiger partial charge is 0.416 e. The molecule has 2 rings (SSSR count). The Morgan fingerprint density at radius 3 is 2.45 bits per heavy atom. The van der Waals surface area contributed by atoms with Gasteiger partial charge in [0.15, 0.2) is 0 Å². The lowest BCUT2D eigenvalue weighted by Gasteiger charge is -2.19. The van der Waals surface area contributed by atoms with Crippen molar-refractivity contribution < 1.29 is 13.2 Å². The van der Waals surface area contributed by atoms with E-state index < -0.39 is 17.8 Å². The second-order valence-corrected chi connectivity index (χ2v) is 5.88. The van der Waals surface area contributed by atoms with Crippen molar-refractivity contribution in [1.29, 1.82) is 0 Å². The third kappa shape index (κ3) is 2.98. The molecule has 0 spiro atoms. The fourth-order valence-electron chi connectivity index (χ4n) is 1.82. The van der Waals surface area contributed by atoms with E-state index >= 15 is 0 Å². The number of nitrogens with one attached hydrogen (secondary N) is 1. The first kappa shape index (κ1) is 15.3. The fourth-order valence-corrected chi connectivity index (χ4v) is 3.50. The van der Waals surface area contributed by atoms with Gasteiger partial charge in [0.25, 0.3) is 0 Å². The van der Waals surface area contributed by atoms with Crippen molar-refractivity contribution in [2.24, 2.45) is 5.84 Å². The zero-order valence-electron chi connectivity index (χ0n) is 10.0. The van der Waals surface area contributed by atoms with Gasteiger partial charge in [-0.15, -0.1) is 11.3 Å². The van der Waals surface area contributed by atoms with E-state index in [1.54, 1.807) is 6.07 Å². The van der Waals surface area contributed by atoms with Gasteiger partial charge in [0.1, 0.15) is 0 Å². The Hall–Kier alpha value is -1.09. The number of hydrogen-bond acceptors (Lipinski definition) is 4. The average Bonchev–Trinajstić information content (AvgIpc) is 2.78. The molecule has 0 saturated heterocycles. The summed E-state index contributed by atoms with van der Waals surface area (Å²) in [4.78, 5) is 0.763. The molecule has 0 aliphatic rings. The molecule has 5 N–H and O–H groups in total. The third-order valence-electron chi connectivity index (χ3n) is 2.80. The van der Waals surface area contributed by atoms with Gasteiger partial charge in [0.2, 0.25) is 0 Å². The molecule has 0 radical (unpaired) electrons. The van der Waals surface area contributed by atoms with Crippen molar-refractivity contribution >= 4 is 33.0 Å². The molecule has 20 heavy (non-hydrogen) atoms. The summed E-state index contributed by atoms with van der Waals surface area (Å²) in [5.74, 6) is 5.49. The highest BCUT2D eigenvalue weighted by atomic mass is 79.9. The van der Waals surface area contributed by atoms with E-state index in [0.29, 0.717) is 5.56 Å². The first-order valence-corrected chi connectivity index (χ1v) is 7.17. The summed E-state index contributed by atoms with van der Waals surface area (Å²) >= 11 is 4.71. The quantitative estimate of drug-likeness (QED) is 0.441. The number of nitrogen functional groups attached to an aromatic ring is 1. The Labute approximate surface area is 125 Å². The highest BCUT2D eigenvalue weighted by Gasteiger charge is 2.32. The van der Waals surface area contributed by atoms with E-state index in [4.69, 9.17) is 11.6 Å². The molecular weight excluding hydrogens is 355 g/mol. The van der Waals surface area contributed by atoms with Gasteiger partial charge in [0, 0.05) is 15.0 Å². The van der Waals surface area contributed by atoms with Gasteiger partial charge in [-0.25, -0.2) is 5.43 Å². The van der Waals surface area contributed by atoms with Crippen LogP contribution in [0.5, 0.6) is 0 Å². The number of benzene rings is 1. The zero-order valence-corrected chi connectivity index (χ0v) is 12.4. The first-order chi connectivity index (χ1) is 9.34. The second kappa shape index (κ2) is 5.72. The number of halogens is 4. The molecule has 0 amide bonds. The maximum absolute atomic E-state index is 12.8. The molecule has 0 aliphatic heterocycles. The van der Waals surface area contributed by atoms with Crippen LogP contribution in [0, 0.1) is 0 Å². The lowest BCUT2D eigenvalue weighted by Crippen LogP contribution is -2.29. The van der Waals surface area contributed by atoms with Crippen molar-refractivity contribution in [3.63, 3.8) is 0 Å². The normalized spacial score (nSPS) is 13.4. The van der Waals surface area contributed by atoms with Crippen LogP contribution < -0.4 is 17.0 Å². The van der Waals surface area contributed by atoms with E-state index in [1.807, 2.05) is 5.38 Å². The summed E-state index contributed by atoms with van der Waals surface area (Å²) in [5.41, 5.74) is 8.10. The van der Waals surface area contributed by atoms with E-state index in [2.05, 4.69) is 21.4 Å². The van der Waals surface area contributed by atoms with Crippen LogP contribution in [0.2, 0.25) is 0 Å². The van der Waals surface area contributed by atoms with Crippen LogP contribution in [0.15, 0.2) is 34.1 Å². The molecular formula is C12H11BrF3N3S.